The van der Waals surface area contributed by atoms with Gasteiger partial charge in [0.05, 0.1) is 0 Å². The van der Waals surface area contributed by atoms with Crippen molar-refractivity contribution < 1.29 is 13.2 Å². The van der Waals surface area contributed by atoms with Crippen LogP contribution >= 0.6 is 11.3 Å². The zero-order chi connectivity index (χ0) is 12.9. The lowest BCUT2D eigenvalue weighted by Gasteiger charge is -2.07. The van der Waals surface area contributed by atoms with Gasteiger partial charge >= 0.3 is 6.18 Å². The maximum Gasteiger partial charge on any atom is 0.445 e. The van der Waals surface area contributed by atoms with Crippen molar-refractivity contribution in [3.05, 3.63) is 5.01 Å². The van der Waals surface area contributed by atoms with Crippen LogP contribution < -0.4 is 11.1 Å². The van der Waals surface area contributed by atoms with E-state index in [4.69, 9.17) is 5.73 Å². The van der Waals surface area contributed by atoms with Crippen molar-refractivity contribution in [3.8, 4) is 0 Å². The number of nitrogens with one attached hydrogen (secondary N) is 1. The molecule has 1 atom stereocenters. The first kappa shape index (κ1) is 14.2. The number of rotatable bonds is 6. The minimum Gasteiger partial charge on any atom is -0.360 e. The molecule has 98 valence electrons. The molecule has 1 unspecified atom stereocenters. The summed E-state index contributed by atoms with van der Waals surface area (Å²) in [5, 5.41) is 8.62. The van der Waals surface area contributed by atoms with E-state index in [2.05, 4.69) is 15.5 Å². The SMILES string of the molecule is CC(CN)CCCNc1nnc(C(F)(F)F)s1. The maximum absolute atomic E-state index is 12.2. The molecule has 1 rings (SSSR count). The summed E-state index contributed by atoms with van der Waals surface area (Å²) >= 11 is 0.521. The highest BCUT2D eigenvalue weighted by molar-refractivity contribution is 7.15. The highest BCUT2D eigenvalue weighted by Gasteiger charge is 2.35. The molecule has 1 aromatic rings. The lowest BCUT2D eigenvalue weighted by atomic mass is 10.1. The van der Waals surface area contributed by atoms with E-state index in [1.54, 1.807) is 0 Å². The molecule has 8 heteroatoms. The fourth-order valence-electron chi connectivity index (χ4n) is 1.17. The van der Waals surface area contributed by atoms with E-state index in [-0.39, 0.29) is 5.13 Å². The van der Waals surface area contributed by atoms with Gasteiger partial charge in [-0.05, 0) is 25.3 Å². The Bertz CT molecular complexity index is 339. The zero-order valence-corrected chi connectivity index (χ0v) is 10.2. The third-order valence-corrected chi connectivity index (χ3v) is 3.15. The van der Waals surface area contributed by atoms with Crippen LogP contribution in [0.2, 0.25) is 0 Å². The molecule has 0 saturated heterocycles. The van der Waals surface area contributed by atoms with Crippen molar-refractivity contribution in [1.82, 2.24) is 10.2 Å². The van der Waals surface area contributed by atoms with Crippen LogP contribution in [0, 0.1) is 5.92 Å². The number of aromatic nitrogens is 2. The standard InChI is InChI=1S/C9H15F3N4S/c1-6(5-13)3-2-4-14-8-16-15-7(17-8)9(10,11)12/h6H,2-5,13H2,1H3,(H,14,16). The number of nitrogens with zero attached hydrogens (tertiary/aromatic N) is 2. The molecule has 0 fully saturated rings. The molecule has 17 heavy (non-hydrogen) atoms. The second-order valence-electron chi connectivity index (χ2n) is 3.82. The molecule has 0 aliphatic carbocycles. The van der Waals surface area contributed by atoms with Gasteiger partial charge in [-0.1, -0.05) is 18.3 Å². The third-order valence-electron chi connectivity index (χ3n) is 2.22. The fourth-order valence-corrected chi connectivity index (χ4v) is 1.81. The average molecular weight is 268 g/mol. The Hall–Kier alpha value is -0.890. The van der Waals surface area contributed by atoms with Crippen molar-refractivity contribution in [2.45, 2.75) is 25.9 Å². The Morgan fingerprint density at radius 1 is 1.41 bits per heavy atom. The molecule has 0 saturated carbocycles. The molecule has 0 aromatic carbocycles. The summed E-state index contributed by atoms with van der Waals surface area (Å²) in [5.41, 5.74) is 5.45. The predicted molar refractivity (Wildman–Crippen MR) is 60.9 cm³/mol. The summed E-state index contributed by atoms with van der Waals surface area (Å²) in [6, 6.07) is 0. The zero-order valence-electron chi connectivity index (χ0n) is 9.42. The van der Waals surface area contributed by atoms with Gasteiger partial charge in [-0.3, -0.25) is 0 Å². The molecular weight excluding hydrogens is 253 g/mol. The molecular formula is C9H15F3N4S. The van der Waals surface area contributed by atoms with Crippen LogP contribution in [0.25, 0.3) is 0 Å². The first-order valence-electron chi connectivity index (χ1n) is 5.28. The summed E-state index contributed by atoms with van der Waals surface area (Å²) < 4.78 is 36.6. The number of anilines is 1. The quantitative estimate of drug-likeness (QED) is 0.777. The van der Waals surface area contributed by atoms with Crippen LogP contribution in [0.1, 0.15) is 24.8 Å². The van der Waals surface area contributed by atoms with Gasteiger partial charge in [0.25, 0.3) is 0 Å². The van der Waals surface area contributed by atoms with Gasteiger partial charge in [0.2, 0.25) is 10.1 Å². The van der Waals surface area contributed by atoms with Gasteiger partial charge in [0, 0.05) is 6.54 Å². The molecule has 0 aliphatic rings. The van der Waals surface area contributed by atoms with E-state index in [1.165, 1.54) is 0 Å². The number of halogens is 3. The molecule has 1 aromatic heterocycles. The van der Waals surface area contributed by atoms with E-state index in [0.29, 0.717) is 30.3 Å². The first-order chi connectivity index (χ1) is 7.93. The summed E-state index contributed by atoms with van der Waals surface area (Å²) in [5.74, 6) is 0.428. The van der Waals surface area contributed by atoms with E-state index in [9.17, 15) is 13.2 Å². The maximum atomic E-state index is 12.2. The Labute approximate surface area is 101 Å². The van der Waals surface area contributed by atoms with Crippen molar-refractivity contribution in [1.29, 1.82) is 0 Å². The third kappa shape index (κ3) is 4.86. The number of hydrogen-bond acceptors (Lipinski definition) is 5. The minimum absolute atomic E-state index is 0.206. The number of alkyl halides is 3. The van der Waals surface area contributed by atoms with Crippen molar-refractivity contribution in [2.24, 2.45) is 11.7 Å². The lowest BCUT2D eigenvalue weighted by molar-refractivity contribution is -0.138. The molecule has 3 N–H and O–H groups in total. The lowest BCUT2D eigenvalue weighted by Crippen LogP contribution is -2.12. The van der Waals surface area contributed by atoms with Crippen LogP contribution in [0.5, 0.6) is 0 Å². The smallest absolute Gasteiger partial charge is 0.360 e. The first-order valence-corrected chi connectivity index (χ1v) is 6.09. The van der Waals surface area contributed by atoms with Crippen LogP contribution in [-0.4, -0.2) is 23.3 Å². The van der Waals surface area contributed by atoms with Crippen molar-refractivity contribution >= 4 is 16.5 Å². The molecule has 4 nitrogen and oxygen atoms in total. The Morgan fingerprint density at radius 3 is 2.65 bits per heavy atom. The molecule has 0 radical (unpaired) electrons. The van der Waals surface area contributed by atoms with E-state index in [0.717, 1.165) is 12.8 Å². The Kier molecular flexibility index (Phi) is 5.13. The summed E-state index contributed by atoms with van der Waals surface area (Å²) in [7, 11) is 0. The van der Waals surface area contributed by atoms with Gasteiger partial charge in [0.1, 0.15) is 0 Å². The van der Waals surface area contributed by atoms with Crippen LogP contribution in [0.3, 0.4) is 0 Å². The van der Waals surface area contributed by atoms with Gasteiger partial charge < -0.3 is 11.1 Å². The van der Waals surface area contributed by atoms with Gasteiger partial charge in [-0.2, -0.15) is 13.2 Å². The summed E-state index contributed by atoms with van der Waals surface area (Å²) in [6.45, 7) is 3.24. The minimum atomic E-state index is -4.41. The van der Waals surface area contributed by atoms with Gasteiger partial charge in [-0.15, -0.1) is 10.2 Å². The van der Waals surface area contributed by atoms with E-state index < -0.39 is 11.2 Å². The van der Waals surface area contributed by atoms with Gasteiger partial charge in [-0.25, -0.2) is 0 Å². The van der Waals surface area contributed by atoms with E-state index in [1.807, 2.05) is 6.92 Å². The van der Waals surface area contributed by atoms with Crippen LogP contribution in [-0.2, 0) is 6.18 Å². The van der Waals surface area contributed by atoms with Crippen LogP contribution in [0.4, 0.5) is 18.3 Å². The van der Waals surface area contributed by atoms with Crippen LogP contribution in [0.15, 0.2) is 0 Å². The molecule has 0 bridgehead atoms. The Morgan fingerprint density at radius 2 is 2.12 bits per heavy atom. The molecule has 0 amide bonds. The highest BCUT2D eigenvalue weighted by Crippen LogP contribution is 2.32. The topological polar surface area (TPSA) is 63.8 Å². The second-order valence-corrected chi connectivity index (χ2v) is 4.80. The largest absolute Gasteiger partial charge is 0.445 e. The summed E-state index contributed by atoms with van der Waals surface area (Å²) in [6.07, 6.45) is -2.63. The molecule has 0 aliphatic heterocycles. The summed E-state index contributed by atoms with van der Waals surface area (Å²) in [4.78, 5) is 0. The van der Waals surface area contributed by atoms with Crippen molar-refractivity contribution in [2.75, 3.05) is 18.4 Å². The highest BCUT2D eigenvalue weighted by atomic mass is 32.1. The molecule has 1 heterocycles. The number of hydrogen-bond donors (Lipinski definition) is 2. The molecule has 0 spiro atoms. The fraction of sp³-hybridized carbons (Fsp3) is 0.778. The average Bonchev–Trinajstić information content (AvgIpc) is 2.72. The Balaban J connectivity index is 2.31. The predicted octanol–water partition coefficient (Wildman–Crippen LogP) is 2.34. The normalized spacial score (nSPS) is 13.7. The van der Waals surface area contributed by atoms with Gasteiger partial charge in [0.15, 0.2) is 0 Å². The van der Waals surface area contributed by atoms with E-state index >= 15 is 0 Å². The monoisotopic (exact) mass is 268 g/mol. The number of nitrogens with two attached hydrogens (primary N) is 1. The van der Waals surface area contributed by atoms with Crippen molar-refractivity contribution in [3.63, 3.8) is 0 Å². The second kappa shape index (κ2) is 6.15.